The van der Waals surface area contributed by atoms with Crippen LogP contribution in [0.1, 0.15) is 50.5 Å². The first-order valence-electron chi connectivity index (χ1n) is 8.50. The van der Waals surface area contributed by atoms with E-state index < -0.39 is 5.60 Å². The lowest BCUT2D eigenvalue weighted by Gasteiger charge is -2.60. The molecule has 4 aliphatic carbocycles. The Kier molecular flexibility index (Phi) is 3.24. The SMILES string of the molecule is N#Cc1cccc(NC(=O)CC23CC4CC(CC(O)(C4)C2)C3)c1. The monoisotopic (exact) mass is 310 g/mol. The number of amides is 1. The molecule has 120 valence electrons. The molecule has 23 heavy (non-hydrogen) atoms. The maximum absolute atomic E-state index is 12.5. The number of benzene rings is 1. The van der Waals surface area contributed by atoms with Crippen molar-refractivity contribution in [1.82, 2.24) is 0 Å². The van der Waals surface area contributed by atoms with Gasteiger partial charge >= 0.3 is 0 Å². The van der Waals surface area contributed by atoms with Gasteiger partial charge < -0.3 is 10.4 Å². The van der Waals surface area contributed by atoms with Crippen LogP contribution in [0.15, 0.2) is 24.3 Å². The summed E-state index contributed by atoms with van der Waals surface area (Å²) in [4.78, 5) is 12.5. The topological polar surface area (TPSA) is 73.1 Å². The van der Waals surface area contributed by atoms with E-state index in [0.29, 0.717) is 29.5 Å². The van der Waals surface area contributed by atoms with Crippen molar-refractivity contribution in [3.63, 3.8) is 0 Å². The van der Waals surface area contributed by atoms with Crippen LogP contribution in [-0.4, -0.2) is 16.6 Å². The predicted octanol–water partition coefficient (Wildman–Crippen LogP) is 3.22. The van der Waals surface area contributed by atoms with Crippen molar-refractivity contribution >= 4 is 11.6 Å². The third kappa shape index (κ3) is 2.74. The number of hydrogen-bond donors (Lipinski definition) is 2. The first-order valence-corrected chi connectivity index (χ1v) is 8.50. The lowest BCUT2D eigenvalue weighted by molar-refractivity contribution is -0.167. The molecule has 4 saturated carbocycles. The van der Waals surface area contributed by atoms with Crippen molar-refractivity contribution in [3.8, 4) is 6.07 Å². The minimum Gasteiger partial charge on any atom is -0.390 e. The number of hydrogen-bond acceptors (Lipinski definition) is 3. The summed E-state index contributed by atoms with van der Waals surface area (Å²) in [6.07, 6.45) is 6.51. The fraction of sp³-hybridized carbons (Fsp3) is 0.579. The largest absolute Gasteiger partial charge is 0.390 e. The number of rotatable bonds is 3. The van der Waals surface area contributed by atoms with Gasteiger partial charge in [0.05, 0.1) is 17.2 Å². The molecular weight excluding hydrogens is 288 g/mol. The van der Waals surface area contributed by atoms with E-state index in [-0.39, 0.29) is 11.3 Å². The Morgan fingerprint density at radius 1 is 1.30 bits per heavy atom. The molecule has 1 aromatic rings. The highest BCUT2D eigenvalue weighted by Gasteiger charge is 2.57. The average Bonchev–Trinajstić information content (AvgIpc) is 2.43. The first-order chi connectivity index (χ1) is 11.0. The van der Waals surface area contributed by atoms with Crippen LogP contribution in [-0.2, 0) is 4.79 Å². The summed E-state index contributed by atoms with van der Waals surface area (Å²) in [5.41, 5.74) is 0.685. The molecule has 0 saturated heterocycles. The molecule has 4 heteroatoms. The van der Waals surface area contributed by atoms with Crippen molar-refractivity contribution in [2.75, 3.05) is 5.32 Å². The highest BCUT2D eigenvalue weighted by molar-refractivity contribution is 5.91. The molecule has 4 bridgehead atoms. The van der Waals surface area contributed by atoms with E-state index in [9.17, 15) is 9.90 Å². The Balaban J connectivity index is 1.47. The molecule has 2 unspecified atom stereocenters. The summed E-state index contributed by atoms with van der Waals surface area (Å²) in [6.45, 7) is 0. The second kappa shape index (κ2) is 5.07. The average molecular weight is 310 g/mol. The van der Waals surface area contributed by atoms with Crippen LogP contribution in [0.25, 0.3) is 0 Å². The van der Waals surface area contributed by atoms with Crippen LogP contribution < -0.4 is 5.32 Å². The van der Waals surface area contributed by atoms with Crippen molar-refractivity contribution in [1.29, 1.82) is 5.26 Å². The predicted molar refractivity (Wildman–Crippen MR) is 86.5 cm³/mol. The molecule has 2 atom stereocenters. The quantitative estimate of drug-likeness (QED) is 0.900. The van der Waals surface area contributed by atoms with E-state index in [1.807, 2.05) is 6.07 Å². The molecule has 4 nitrogen and oxygen atoms in total. The molecule has 0 aromatic heterocycles. The second-order valence-electron chi connectivity index (χ2n) is 8.10. The van der Waals surface area contributed by atoms with Crippen LogP contribution in [0.3, 0.4) is 0 Å². The van der Waals surface area contributed by atoms with Gasteiger partial charge in [0.25, 0.3) is 0 Å². The smallest absolute Gasteiger partial charge is 0.224 e. The number of carbonyl (C=O) groups excluding carboxylic acids is 1. The lowest BCUT2D eigenvalue weighted by atomic mass is 9.47. The van der Waals surface area contributed by atoms with E-state index >= 15 is 0 Å². The van der Waals surface area contributed by atoms with E-state index in [2.05, 4.69) is 11.4 Å². The van der Waals surface area contributed by atoms with Crippen LogP contribution >= 0.6 is 0 Å². The van der Waals surface area contributed by atoms with Crippen molar-refractivity contribution in [3.05, 3.63) is 29.8 Å². The minimum absolute atomic E-state index is 0.00522. The lowest BCUT2D eigenvalue weighted by Crippen LogP contribution is -2.56. The summed E-state index contributed by atoms with van der Waals surface area (Å²) in [6, 6.07) is 9.10. The van der Waals surface area contributed by atoms with Gasteiger partial charge in [-0.15, -0.1) is 0 Å². The Hall–Kier alpha value is -1.86. The minimum atomic E-state index is -0.523. The highest BCUT2D eigenvalue weighted by atomic mass is 16.3. The first kappa shape index (κ1) is 14.7. The molecule has 2 N–H and O–H groups in total. The van der Waals surface area contributed by atoms with Gasteiger partial charge in [0, 0.05) is 12.1 Å². The van der Waals surface area contributed by atoms with Crippen LogP contribution in [0.2, 0.25) is 0 Å². The van der Waals surface area contributed by atoms with Gasteiger partial charge in [-0.2, -0.15) is 5.26 Å². The van der Waals surface area contributed by atoms with Gasteiger partial charge in [-0.3, -0.25) is 4.79 Å². The normalized spacial score (nSPS) is 37.4. The van der Waals surface area contributed by atoms with Gasteiger partial charge in [0.15, 0.2) is 0 Å². The maximum atomic E-state index is 12.5. The van der Waals surface area contributed by atoms with E-state index in [1.54, 1.807) is 18.2 Å². The third-order valence-corrected chi connectivity index (χ3v) is 5.96. The Morgan fingerprint density at radius 3 is 2.70 bits per heavy atom. The molecule has 4 fully saturated rings. The zero-order valence-electron chi connectivity index (χ0n) is 13.2. The van der Waals surface area contributed by atoms with Gasteiger partial charge in [-0.25, -0.2) is 0 Å². The van der Waals surface area contributed by atoms with Crippen LogP contribution in [0.5, 0.6) is 0 Å². The number of aliphatic hydroxyl groups is 1. The standard InChI is InChI=1S/C19H22N2O2/c20-11-13-2-1-3-16(5-13)21-17(22)10-18-6-14-4-15(7-18)9-19(23,8-14)12-18/h1-3,5,14-15,23H,4,6-10,12H2,(H,21,22). The molecule has 0 heterocycles. The number of nitrogens with zero attached hydrogens (tertiary/aromatic N) is 1. The van der Waals surface area contributed by atoms with Crippen molar-refractivity contribution in [2.24, 2.45) is 17.3 Å². The summed E-state index contributed by atoms with van der Waals surface area (Å²) >= 11 is 0. The maximum Gasteiger partial charge on any atom is 0.224 e. The van der Waals surface area contributed by atoms with Gasteiger partial charge in [0.1, 0.15) is 0 Å². The fourth-order valence-electron chi connectivity index (χ4n) is 5.82. The summed E-state index contributed by atoms with van der Waals surface area (Å²) < 4.78 is 0. The molecule has 5 rings (SSSR count). The van der Waals surface area contributed by atoms with E-state index in [4.69, 9.17) is 5.26 Å². The van der Waals surface area contributed by atoms with Gasteiger partial charge in [0.2, 0.25) is 5.91 Å². The van der Waals surface area contributed by atoms with E-state index in [1.165, 1.54) is 6.42 Å². The second-order valence-corrected chi connectivity index (χ2v) is 8.10. The third-order valence-electron chi connectivity index (χ3n) is 5.96. The molecule has 0 aliphatic heterocycles. The van der Waals surface area contributed by atoms with Crippen LogP contribution in [0.4, 0.5) is 5.69 Å². The molecule has 1 aromatic carbocycles. The highest BCUT2D eigenvalue weighted by Crippen LogP contribution is 2.62. The number of nitrogens with one attached hydrogen (secondary N) is 1. The summed E-state index contributed by atoms with van der Waals surface area (Å²) in [5.74, 6) is 1.19. The molecule has 0 spiro atoms. The summed E-state index contributed by atoms with van der Waals surface area (Å²) in [7, 11) is 0. The Labute approximate surface area is 136 Å². The van der Waals surface area contributed by atoms with Gasteiger partial charge in [-0.1, -0.05) is 6.07 Å². The summed E-state index contributed by atoms with van der Waals surface area (Å²) in [5, 5.41) is 22.6. The van der Waals surface area contributed by atoms with Crippen LogP contribution in [0, 0.1) is 28.6 Å². The zero-order chi connectivity index (χ0) is 16.1. The Morgan fingerprint density at radius 2 is 2.04 bits per heavy atom. The number of nitriles is 1. The molecular formula is C19H22N2O2. The molecule has 1 amide bonds. The fourth-order valence-corrected chi connectivity index (χ4v) is 5.82. The zero-order valence-corrected chi connectivity index (χ0v) is 13.2. The number of carbonyl (C=O) groups is 1. The van der Waals surface area contributed by atoms with E-state index in [0.717, 1.165) is 32.1 Å². The molecule has 0 radical (unpaired) electrons. The van der Waals surface area contributed by atoms with Gasteiger partial charge in [-0.05, 0) is 74.0 Å². The van der Waals surface area contributed by atoms with Crippen molar-refractivity contribution in [2.45, 2.75) is 50.5 Å². The molecule has 4 aliphatic rings. The Bertz CT molecular complexity index is 677. The van der Waals surface area contributed by atoms with Crippen molar-refractivity contribution < 1.29 is 9.90 Å². The number of anilines is 1.